The highest BCUT2D eigenvalue weighted by Gasteiger charge is 1.96. The van der Waals surface area contributed by atoms with Crippen LogP contribution in [0, 0.1) is 0 Å². The summed E-state index contributed by atoms with van der Waals surface area (Å²) < 4.78 is 4.59. The smallest absolute Gasteiger partial charge is 0.305 e. The first kappa shape index (κ1) is 21.2. The molecule has 0 aliphatic heterocycles. The Morgan fingerprint density at radius 1 is 0.783 bits per heavy atom. The molecule has 0 saturated carbocycles. The molecular formula is C21H32O2. The zero-order valence-corrected chi connectivity index (χ0v) is 14.7. The summed E-state index contributed by atoms with van der Waals surface area (Å²) in [6.07, 6.45) is 29.2. The van der Waals surface area contributed by atoms with E-state index < -0.39 is 0 Å². The summed E-state index contributed by atoms with van der Waals surface area (Å²) in [5, 5.41) is 0. The molecule has 0 amide bonds. The van der Waals surface area contributed by atoms with Crippen LogP contribution in [0.3, 0.4) is 0 Å². The molecule has 0 aromatic rings. The van der Waals surface area contributed by atoms with Gasteiger partial charge in [0.2, 0.25) is 0 Å². The molecule has 0 atom stereocenters. The second-order valence-electron chi connectivity index (χ2n) is 5.20. The Labute approximate surface area is 142 Å². The third-order valence-electron chi connectivity index (χ3n) is 3.14. The van der Waals surface area contributed by atoms with Crippen LogP contribution in [0.4, 0.5) is 0 Å². The van der Waals surface area contributed by atoms with Crippen molar-refractivity contribution in [2.45, 2.75) is 58.3 Å². The van der Waals surface area contributed by atoms with Crippen LogP contribution in [0.25, 0.3) is 0 Å². The van der Waals surface area contributed by atoms with E-state index in [1.54, 1.807) is 0 Å². The van der Waals surface area contributed by atoms with Crippen LogP contribution in [-0.2, 0) is 9.53 Å². The second-order valence-corrected chi connectivity index (χ2v) is 5.20. The lowest BCUT2D eigenvalue weighted by Crippen LogP contribution is -1.98. The lowest BCUT2D eigenvalue weighted by molar-refractivity contribution is -0.140. The zero-order chi connectivity index (χ0) is 17.0. The fourth-order valence-corrected chi connectivity index (χ4v) is 1.84. The predicted molar refractivity (Wildman–Crippen MR) is 100 cm³/mol. The van der Waals surface area contributed by atoms with E-state index in [-0.39, 0.29) is 5.97 Å². The van der Waals surface area contributed by atoms with Gasteiger partial charge in [0.05, 0.1) is 7.11 Å². The van der Waals surface area contributed by atoms with Crippen molar-refractivity contribution < 1.29 is 9.53 Å². The maximum atomic E-state index is 10.9. The summed E-state index contributed by atoms with van der Waals surface area (Å²) in [6, 6.07) is 0. The molecule has 0 heterocycles. The van der Waals surface area contributed by atoms with Gasteiger partial charge in [0, 0.05) is 6.42 Å². The largest absolute Gasteiger partial charge is 0.469 e. The summed E-state index contributed by atoms with van der Waals surface area (Å²) in [5.74, 6) is -0.129. The van der Waals surface area contributed by atoms with Gasteiger partial charge >= 0.3 is 5.97 Å². The Bertz CT molecular complexity index is 412. The number of rotatable bonds is 13. The van der Waals surface area contributed by atoms with Gasteiger partial charge in [-0.2, -0.15) is 0 Å². The maximum Gasteiger partial charge on any atom is 0.305 e. The number of allylic oxidation sites excluding steroid dienone is 10. The van der Waals surface area contributed by atoms with Crippen molar-refractivity contribution in [1.82, 2.24) is 0 Å². The lowest BCUT2D eigenvalue weighted by Gasteiger charge is -1.95. The van der Waals surface area contributed by atoms with E-state index in [0.717, 1.165) is 44.9 Å². The van der Waals surface area contributed by atoms with E-state index in [9.17, 15) is 4.79 Å². The van der Waals surface area contributed by atoms with Gasteiger partial charge < -0.3 is 4.74 Å². The van der Waals surface area contributed by atoms with Crippen LogP contribution < -0.4 is 0 Å². The molecule has 128 valence electrons. The molecule has 0 aliphatic carbocycles. The monoisotopic (exact) mass is 316 g/mol. The number of carbonyl (C=O) groups excluding carboxylic acids is 1. The average molecular weight is 316 g/mol. The molecule has 0 saturated heterocycles. The Morgan fingerprint density at radius 3 is 2.13 bits per heavy atom. The number of esters is 1. The van der Waals surface area contributed by atoms with Crippen molar-refractivity contribution in [3.63, 3.8) is 0 Å². The van der Waals surface area contributed by atoms with Gasteiger partial charge in [-0.15, -0.1) is 0 Å². The lowest BCUT2D eigenvalue weighted by atomic mass is 10.2. The predicted octanol–water partition coefficient (Wildman–Crippen LogP) is 6.08. The fraction of sp³-hybridized carbons (Fsp3) is 0.476. The van der Waals surface area contributed by atoms with Crippen LogP contribution in [-0.4, -0.2) is 13.1 Å². The first-order chi connectivity index (χ1) is 11.3. The minimum Gasteiger partial charge on any atom is -0.469 e. The first-order valence-corrected chi connectivity index (χ1v) is 8.64. The molecule has 2 heteroatoms. The number of carbonyl (C=O) groups is 1. The molecule has 0 N–H and O–H groups in total. The van der Waals surface area contributed by atoms with Crippen molar-refractivity contribution in [2.75, 3.05) is 7.11 Å². The average Bonchev–Trinajstić information content (AvgIpc) is 2.57. The third kappa shape index (κ3) is 18.1. The summed E-state index contributed by atoms with van der Waals surface area (Å²) in [5.41, 5.74) is 0. The van der Waals surface area contributed by atoms with E-state index in [1.165, 1.54) is 7.11 Å². The third-order valence-corrected chi connectivity index (χ3v) is 3.14. The molecule has 0 radical (unpaired) electrons. The Balaban J connectivity index is 3.48. The molecule has 0 unspecified atom stereocenters. The SMILES string of the molecule is CC/C=C\C/C=C\CC/C=C/C=C\C/C=C\CCCC(=O)OC. The number of ether oxygens (including phenoxy) is 1. The summed E-state index contributed by atoms with van der Waals surface area (Å²) >= 11 is 0. The molecule has 0 fully saturated rings. The maximum absolute atomic E-state index is 10.9. The number of methoxy groups -OCH3 is 1. The van der Waals surface area contributed by atoms with Crippen LogP contribution in [0.5, 0.6) is 0 Å². The normalized spacial score (nSPS) is 12.6. The zero-order valence-electron chi connectivity index (χ0n) is 14.7. The van der Waals surface area contributed by atoms with E-state index in [1.807, 2.05) is 0 Å². The molecule has 0 rings (SSSR count). The summed E-state index contributed by atoms with van der Waals surface area (Å²) in [4.78, 5) is 10.9. The van der Waals surface area contributed by atoms with Crippen LogP contribution in [0.1, 0.15) is 58.3 Å². The molecule has 0 aliphatic rings. The molecular weight excluding hydrogens is 284 g/mol. The molecule has 0 spiro atoms. The molecule has 23 heavy (non-hydrogen) atoms. The highest BCUT2D eigenvalue weighted by atomic mass is 16.5. The van der Waals surface area contributed by atoms with Gasteiger partial charge in [0.15, 0.2) is 0 Å². The standard InChI is InChI=1S/C21H32O2/c1-3-4-5-6-7-8-9-10-11-12-13-14-15-16-17-18-19-20-21(22)23-2/h4-5,7-8,11-14,16-17H,3,6,9-10,15,18-20H2,1-2H3/b5-4-,8-7-,12-11+,14-13-,17-16-. The van der Waals surface area contributed by atoms with Gasteiger partial charge in [-0.05, 0) is 44.9 Å². The van der Waals surface area contributed by atoms with Gasteiger partial charge in [-0.3, -0.25) is 4.79 Å². The topological polar surface area (TPSA) is 26.3 Å². The number of hydrogen-bond donors (Lipinski definition) is 0. The minimum atomic E-state index is -0.129. The van der Waals surface area contributed by atoms with E-state index in [4.69, 9.17) is 0 Å². The van der Waals surface area contributed by atoms with Crippen molar-refractivity contribution in [2.24, 2.45) is 0 Å². The Kier molecular flexibility index (Phi) is 16.8. The Hall–Kier alpha value is -1.83. The first-order valence-electron chi connectivity index (χ1n) is 8.64. The van der Waals surface area contributed by atoms with Crippen molar-refractivity contribution >= 4 is 5.97 Å². The number of unbranched alkanes of at least 4 members (excludes halogenated alkanes) is 2. The highest BCUT2D eigenvalue weighted by molar-refractivity contribution is 5.69. The Morgan fingerprint density at radius 2 is 1.39 bits per heavy atom. The molecule has 0 aromatic heterocycles. The second kappa shape index (κ2) is 18.2. The van der Waals surface area contributed by atoms with Crippen molar-refractivity contribution in [1.29, 1.82) is 0 Å². The summed E-state index contributed by atoms with van der Waals surface area (Å²) in [6.45, 7) is 2.15. The number of hydrogen-bond acceptors (Lipinski definition) is 2. The van der Waals surface area contributed by atoms with Crippen LogP contribution >= 0.6 is 0 Å². The fourth-order valence-electron chi connectivity index (χ4n) is 1.84. The van der Waals surface area contributed by atoms with Gasteiger partial charge in [0.1, 0.15) is 0 Å². The summed E-state index contributed by atoms with van der Waals surface area (Å²) in [7, 11) is 1.43. The van der Waals surface area contributed by atoms with E-state index in [0.29, 0.717) is 6.42 Å². The van der Waals surface area contributed by atoms with Gasteiger partial charge in [-0.1, -0.05) is 67.7 Å². The van der Waals surface area contributed by atoms with Crippen LogP contribution in [0.15, 0.2) is 60.8 Å². The highest BCUT2D eigenvalue weighted by Crippen LogP contribution is 2.00. The van der Waals surface area contributed by atoms with E-state index >= 15 is 0 Å². The quantitative estimate of drug-likeness (QED) is 0.178. The van der Waals surface area contributed by atoms with Gasteiger partial charge in [-0.25, -0.2) is 0 Å². The van der Waals surface area contributed by atoms with Crippen molar-refractivity contribution in [3.8, 4) is 0 Å². The van der Waals surface area contributed by atoms with E-state index in [2.05, 4.69) is 72.4 Å². The van der Waals surface area contributed by atoms with Crippen molar-refractivity contribution in [3.05, 3.63) is 60.8 Å². The minimum absolute atomic E-state index is 0.129. The molecule has 2 nitrogen and oxygen atoms in total. The van der Waals surface area contributed by atoms with Gasteiger partial charge in [0.25, 0.3) is 0 Å². The molecule has 0 bridgehead atoms. The van der Waals surface area contributed by atoms with Crippen LogP contribution in [0.2, 0.25) is 0 Å². The molecule has 0 aromatic carbocycles.